The van der Waals surface area contributed by atoms with Gasteiger partial charge in [0.15, 0.2) is 6.29 Å². The maximum Gasteiger partial charge on any atom is 0.186 e. The first-order chi connectivity index (χ1) is 33.7. The van der Waals surface area contributed by atoms with Crippen molar-refractivity contribution in [3.05, 3.63) is 244 Å². The van der Waals surface area contributed by atoms with Gasteiger partial charge in [-0.2, -0.15) is 5.10 Å². The SMILES string of the molecule is [N-]=[N+]=N[C@@H](CO[C@@H]1O[C@@H](COCc2ccccc2)[C@@H](OCc2ccccc2)[C@@H](OCc2ccccc2)[C@@H]1OCc1ccccc1)[C@H](OCc1ccccc1)[C@H](OCc1ccccc1)c1cn[nH]c1. The molecule has 1 saturated heterocycles. The number of ether oxygens (including phenoxy) is 8. The molecule has 13 nitrogen and oxygen atoms in total. The zero-order valence-corrected chi connectivity index (χ0v) is 37.8. The van der Waals surface area contributed by atoms with E-state index in [1.807, 2.05) is 182 Å². The quantitative estimate of drug-likeness (QED) is 0.0318. The average molecular weight is 916 g/mol. The number of aromatic amines is 1. The molecule has 0 unspecified atom stereocenters. The minimum atomic E-state index is -1.06. The van der Waals surface area contributed by atoms with E-state index in [0.29, 0.717) is 12.2 Å². The molecule has 1 N–H and O–H groups in total. The lowest BCUT2D eigenvalue weighted by Gasteiger charge is -2.46. The van der Waals surface area contributed by atoms with Crippen molar-refractivity contribution in [1.29, 1.82) is 0 Å². The summed E-state index contributed by atoms with van der Waals surface area (Å²) in [6, 6.07) is 58.5. The van der Waals surface area contributed by atoms with Crippen LogP contribution in [0.3, 0.4) is 0 Å². The summed E-state index contributed by atoms with van der Waals surface area (Å²) in [4.78, 5) is 3.33. The van der Waals surface area contributed by atoms with Crippen molar-refractivity contribution in [2.45, 2.75) is 88.6 Å². The normalized spacial score (nSPS) is 19.4. The molecule has 0 saturated carbocycles. The number of nitrogens with one attached hydrogen (secondary N) is 1. The van der Waals surface area contributed by atoms with E-state index in [0.717, 1.165) is 33.4 Å². The van der Waals surface area contributed by atoms with Crippen LogP contribution in [0.25, 0.3) is 10.4 Å². The number of nitrogens with zero attached hydrogens (tertiary/aromatic N) is 4. The highest BCUT2D eigenvalue weighted by atomic mass is 16.7. The minimum Gasteiger partial charge on any atom is -0.374 e. The van der Waals surface area contributed by atoms with Crippen molar-refractivity contribution >= 4 is 0 Å². The van der Waals surface area contributed by atoms with E-state index in [4.69, 9.17) is 37.9 Å². The Morgan fingerprint density at radius 2 is 0.971 bits per heavy atom. The van der Waals surface area contributed by atoms with Gasteiger partial charge >= 0.3 is 0 Å². The lowest BCUT2D eigenvalue weighted by atomic mass is 9.97. The molecule has 7 aromatic rings. The third kappa shape index (κ3) is 14.3. The van der Waals surface area contributed by atoms with E-state index in [1.165, 1.54) is 0 Å². The standard InChI is InChI=1S/C55H57N5O8/c56-60-59-48(51(63-35-43-23-11-3-12-24-43)50(47-31-57-58-32-47)62-34-42-21-9-2-10-22-42)39-67-55-54(66-38-46-29-17-6-18-30-46)53(65-37-45-27-15-5-16-28-45)52(64-36-44-25-13-4-14-26-44)49(68-55)40-61-33-41-19-7-1-8-20-41/h1-32,48-55H,33-40H2,(H,57,58)/t48-,49-,50+,51-,52+,53+,54-,55+/m0/s1. The summed E-state index contributed by atoms with van der Waals surface area (Å²) in [7, 11) is 0. The molecule has 8 rings (SSSR count). The smallest absolute Gasteiger partial charge is 0.186 e. The molecule has 0 aliphatic carbocycles. The molecule has 68 heavy (non-hydrogen) atoms. The predicted molar refractivity (Wildman–Crippen MR) is 256 cm³/mol. The van der Waals surface area contributed by atoms with Crippen LogP contribution >= 0.6 is 0 Å². The van der Waals surface area contributed by atoms with Crippen LogP contribution < -0.4 is 0 Å². The number of hydrogen-bond acceptors (Lipinski definition) is 10. The fraction of sp³-hybridized carbons (Fsp3) is 0.291. The summed E-state index contributed by atoms with van der Waals surface area (Å²) in [5, 5.41) is 11.5. The Hall–Kier alpha value is -6.48. The maximum atomic E-state index is 10.2. The molecular weight excluding hydrogens is 859 g/mol. The summed E-state index contributed by atoms with van der Waals surface area (Å²) in [5.74, 6) is 0. The Kier molecular flexibility index (Phi) is 18.5. The highest BCUT2D eigenvalue weighted by Gasteiger charge is 2.49. The molecule has 350 valence electrons. The highest BCUT2D eigenvalue weighted by Crippen LogP contribution is 2.34. The third-order valence-electron chi connectivity index (χ3n) is 11.6. The van der Waals surface area contributed by atoms with E-state index < -0.39 is 49.0 Å². The van der Waals surface area contributed by atoms with Gasteiger partial charge in [0, 0.05) is 16.7 Å². The molecule has 1 aliphatic rings. The van der Waals surface area contributed by atoms with E-state index in [-0.39, 0.29) is 46.2 Å². The third-order valence-corrected chi connectivity index (χ3v) is 11.6. The van der Waals surface area contributed by atoms with Crippen LogP contribution in [-0.2, 0) is 77.5 Å². The first-order valence-corrected chi connectivity index (χ1v) is 22.9. The molecule has 1 aromatic heterocycles. The molecule has 1 aliphatic heterocycles. The van der Waals surface area contributed by atoms with Crippen molar-refractivity contribution < 1.29 is 37.9 Å². The molecule has 13 heteroatoms. The molecule has 6 aromatic carbocycles. The number of hydrogen-bond donors (Lipinski definition) is 1. The molecule has 1 fully saturated rings. The highest BCUT2D eigenvalue weighted by molar-refractivity contribution is 5.19. The first-order valence-electron chi connectivity index (χ1n) is 22.9. The average Bonchev–Trinajstić information content (AvgIpc) is 3.94. The van der Waals surface area contributed by atoms with E-state index in [9.17, 15) is 5.53 Å². The van der Waals surface area contributed by atoms with Crippen LogP contribution in [0.5, 0.6) is 0 Å². The van der Waals surface area contributed by atoms with Crippen molar-refractivity contribution in [1.82, 2.24) is 10.2 Å². The second kappa shape index (κ2) is 26.2. The molecule has 2 heterocycles. The molecule has 8 atom stereocenters. The Balaban J connectivity index is 1.13. The Morgan fingerprint density at radius 3 is 1.44 bits per heavy atom. The summed E-state index contributed by atoms with van der Waals surface area (Å²) >= 11 is 0. The zero-order valence-electron chi connectivity index (χ0n) is 37.8. The van der Waals surface area contributed by atoms with Crippen LogP contribution in [0, 0.1) is 0 Å². The monoisotopic (exact) mass is 915 g/mol. The number of benzene rings is 6. The van der Waals surface area contributed by atoms with Crippen LogP contribution in [-0.4, -0.2) is 66.3 Å². The Bertz CT molecular complexity index is 2490. The van der Waals surface area contributed by atoms with Crippen LogP contribution in [0.15, 0.2) is 199 Å². The lowest BCUT2D eigenvalue weighted by Crippen LogP contribution is -2.62. The maximum absolute atomic E-state index is 10.2. The van der Waals surface area contributed by atoms with Gasteiger partial charge in [-0.3, -0.25) is 5.10 Å². The Morgan fingerprint density at radius 1 is 0.529 bits per heavy atom. The first kappa shape index (κ1) is 48.0. The van der Waals surface area contributed by atoms with E-state index in [1.54, 1.807) is 12.4 Å². The number of aromatic nitrogens is 2. The van der Waals surface area contributed by atoms with Gasteiger partial charge in [-0.25, -0.2) is 0 Å². The fourth-order valence-electron chi connectivity index (χ4n) is 8.06. The molecule has 0 amide bonds. The van der Waals surface area contributed by atoms with Crippen LogP contribution in [0.4, 0.5) is 0 Å². The predicted octanol–water partition coefficient (Wildman–Crippen LogP) is 10.6. The number of azide groups is 1. The van der Waals surface area contributed by atoms with Gasteiger partial charge in [0.05, 0.1) is 71.2 Å². The van der Waals surface area contributed by atoms with Crippen molar-refractivity contribution in [3.63, 3.8) is 0 Å². The number of rotatable bonds is 26. The largest absolute Gasteiger partial charge is 0.374 e. The van der Waals surface area contributed by atoms with Crippen LogP contribution in [0.1, 0.15) is 45.0 Å². The minimum absolute atomic E-state index is 0.142. The summed E-state index contributed by atoms with van der Waals surface area (Å²) in [6.45, 7) is 1.55. The van der Waals surface area contributed by atoms with Crippen LogP contribution in [0.2, 0.25) is 0 Å². The van der Waals surface area contributed by atoms with Gasteiger partial charge in [-0.1, -0.05) is 187 Å². The van der Waals surface area contributed by atoms with Gasteiger partial charge < -0.3 is 37.9 Å². The molecule has 0 spiro atoms. The Labute approximate surface area is 397 Å². The van der Waals surface area contributed by atoms with E-state index in [2.05, 4.69) is 20.2 Å². The van der Waals surface area contributed by atoms with Gasteiger partial charge in [0.1, 0.15) is 30.5 Å². The van der Waals surface area contributed by atoms with Crippen molar-refractivity contribution in [2.24, 2.45) is 5.11 Å². The summed E-state index contributed by atoms with van der Waals surface area (Å²) in [6.07, 6.45) is -2.19. The van der Waals surface area contributed by atoms with Gasteiger partial charge in [-0.15, -0.1) is 0 Å². The van der Waals surface area contributed by atoms with Crippen molar-refractivity contribution in [3.8, 4) is 0 Å². The fourth-order valence-corrected chi connectivity index (χ4v) is 8.06. The van der Waals surface area contributed by atoms with Gasteiger partial charge in [0.25, 0.3) is 0 Å². The second-order valence-electron chi connectivity index (χ2n) is 16.4. The summed E-state index contributed by atoms with van der Waals surface area (Å²) in [5.41, 5.74) is 16.7. The van der Waals surface area contributed by atoms with Gasteiger partial charge in [-0.05, 0) is 38.9 Å². The second-order valence-corrected chi connectivity index (χ2v) is 16.4. The molecular formula is C55H57N5O8. The summed E-state index contributed by atoms with van der Waals surface area (Å²) < 4.78 is 54.4. The lowest BCUT2D eigenvalue weighted by molar-refractivity contribution is -0.329. The van der Waals surface area contributed by atoms with E-state index >= 15 is 0 Å². The topological polar surface area (TPSA) is 151 Å². The zero-order chi connectivity index (χ0) is 46.4. The van der Waals surface area contributed by atoms with Gasteiger partial charge in [0.2, 0.25) is 0 Å². The molecule has 0 bridgehead atoms. The van der Waals surface area contributed by atoms with Crippen molar-refractivity contribution in [2.75, 3.05) is 13.2 Å². The molecule has 0 radical (unpaired) electrons. The number of H-pyrrole nitrogens is 1.